The molecule has 4 heteroatoms. The molecule has 0 fully saturated rings. The number of hydrogen-bond donors (Lipinski definition) is 1. The van der Waals surface area contributed by atoms with Gasteiger partial charge in [0, 0.05) is 17.0 Å². The molecule has 1 aliphatic carbocycles. The summed E-state index contributed by atoms with van der Waals surface area (Å²) in [5.41, 5.74) is 2.20. The average molecular weight is 303 g/mol. The van der Waals surface area contributed by atoms with Crippen molar-refractivity contribution < 1.29 is 14.6 Å². The molecule has 0 heterocycles. The number of benzene rings is 2. The van der Waals surface area contributed by atoms with Crippen LogP contribution in [0.15, 0.2) is 42.5 Å². The van der Waals surface area contributed by atoms with E-state index in [9.17, 15) is 9.90 Å². The second kappa shape index (κ2) is 5.88. The van der Waals surface area contributed by atoms with Crippen LogP contribution in [-0.4, -0.2) is 10.9 Å². The Morgan fingerprint density at radius 3 is 2.62 bits per heavy atom. The van der Waals surface area contributed by atoms with E-state index in [0.29, 0.717) is 28.3 Å². The Morgan fingerprint density at radius 2 is 1.86 bits per heavy atom. The maximum Gasteiger partial charge on any atom is 0.224 e. The fourth-order valence-electron chi connectivity index (χ4n) is 2.58. The number of rotatable bonds is 3. The third-order valence-electron chi connectivity index (χ3n) is 3.64. The number of carbonyl (C=O) groups excluding carboxylic acids is 1. The molecule has 3 rings (SSSR count). The zero-order chi connectivity index (χ0) is 14.8. The van der Waals surface area contributed by atoms with Crippen molar-refractivity contribution in [3.05, 3.63) is 64.2 Å². The first-order chi connectivity index (χ1) is 10.1. The lowest BCUT2D eigenvalue weighted by Gasteiger charge is -2.21. The number of ketones is 1. The molecule has 2 aromatic carbocycles. The molecule has 0 saturated heterocycles. The van der Waals surface area contributed by atoms with Gasteiger partial charge in [0.1, 0.15) is 5.75 Å². The summed E-state index contributed by atoms with van der Waals surface area (Å²) in [6.45, 7) is 0. The van der Waals surface area contributed by atoms with E-state index in [-0.39, 0.29) is 5.78 Å². The molecule has 21 heavy (non-hydrogen) atoms. The van der Waals surface area contributed by atoms with Crippen LogP contribution in [0, 0.1) is 0 Å². The number of aryl methyl sites for hydroxylation is 1. The number of halogens is 1. The van der Waals surface area contributed by atoms with E-state index in [1.165, 1.54) is 0 Å². The second-order valence-electron chi connectivity index (χ2n) is 5.09. The minimum Gasteiger partial charge on any atom is -0.460 e. The number of fused-ring (bicyclic) bond motifs is 1. The number of aliphatic hydroxyl groups excluding tert-OH is 1. The first-order valence-electron chi connectivity index (χ1n) is 6.90. The quantitative estimate of drug-likeness (QED) is 0.874. The molecule has 0 amide bonds. The summed E-state index contributed by atoms with van der Waals surface area (Å²) in [7, 11) is 0. The smallest absolute Gasteiger partial charge is 0.224 e. The molecule has 0 aliphatic heterocycles. The summed E-state index contributed by atoms with van der Waals surface area (Å²) in [6, 6.07) is 12.3. The van der Waals surface area contributed by atoms with Gasteiger partial charge in [-0.25, -0.2) is 0 Å². The van der Waals surface area contributed by atoms with Gasteiger partial charge in [0.15, 0.2) is 5.78 Å². The molecule has 0 saturated carbocycles. The second-order valence-corrected chi connectivity index (χ2v) is 5.53. The van der Waals surface area contributed by atoms with E-state index in [0.717, 1.165) is 18.4 Å². The van der Waals surface area contributed by atoms with Gasteiger partial charge in [0.25, 0.3) is 0 Å². The highest BCUT2D eigenvalue weighted by atomic mass is 35.5. The first kappa shape index (κ1) is 14.1. The van der Waals surface area contributed by atoms with Crippen molar-refractivity contribution in [1.29, 1.82) is 0 Å². The molecule has 1 aliphatic rings. The summed E-state index contributed by atoms with van der Waals surface area (Å²) in [5.74, 6) is 0.523. The summed E-state index contributed by atoms with van der Waals surface area (Å²) in [5, 5.41) is 10.8. The van der Waals surface area contributed by atoms with Crippen LogP contribution in [0.2, 0.25) is 5.02 Å². The van der Waals surface area contributed by atoms with Gasteiger partial charge in [-0.1, -0.05) is 35.9 Å². The SMILES string of the molecule is O=C1CCCc2cccc(OC(O)c3ccc(Cl)cc3)c21. The predicted molar refractivity (Wildman–Crippen MR) is 80.8 cm³/mol. The molecular formula is C17H15ClO3. The van der Waals surface area contributed by atoms with Crippen LogP contribution >= 0.6 is 11.6 Å². The van der Waals surface area contributed by atoms with Crippen LogP contribution in [0.5, 0.6) is 5.75 Å². The summed E-state index contributed by atoms with van der Waals surface area (Å²) in [6.07, 6.45) is 1.15. The third kappa shape index (κ3) is 2.94. The Bertz CT molecular complexity index is 664. The minimum atomic E-state index is -1.12. The molecule has 1 unspecified atom stereocenters. The molecule has 1 N–H and O–H groups in total. The van der Waals surface area contributed by atoms with E-state index >= 15 is 0 Å². The molecule has 3 nitrogen and oxygen atoms in total. The van der Waals surface area contributed by atoms with E-state index in [4.69, 9.17) is 16.3 Å². The van der Waals surface area contributed by atoms with Gasteiger partial charge in [0.05, 0.1) is 5.56 Å². The Kier molecular flexibility index (Phi) is 3.95. The van der Waals surface area contributed by atoms with Gasteiger partial charge < -0.3 is 9.84 Å². The number of carbonyl (C=O) groups is 1. The van der Waals surface area contributed by atoms with Gasteiger partial charge in [0.2, 0.25) is 6.29 Å². The highest BCUT2D eigenvalue weighted by Crippen LogP contribution is 2.32. The summed E-state index contributed by atoms with van der Waals surface area (Å²) < 4.78 is 5.60. The van der Waals surface area contributed by atoms with Crippen LogP contribution in [-0.2, 0) is 6.42 Å². The van der Waals surface area contributed by atoms with E-state index in [1.807, 2.05) is 12.1 Å². The van der Waals surface area contributed by atoms with Gasteiger partial charge in [-0.2, -0.15) is 0 Å². The average Bonchev–Trinajstić information content (AvgIpc) is 2.48. The van der Waals surface area contributed by atoms with Gasteiger partial charge in [-0.05, 0) is 36.6 Å². The molecule has 2 aromatic rings. The Morgan fingerprint density at radius 1 is 1.10 bits per heavy atom. The predicted octanol–water partition coefficient (Wildman–Crippen LogP) is 3.93. The molecule has 0 bridgehead atoms. The van der Waals surface area contributed by atoms with Crippen LogP contribution in [0.4, 0.5) is 0 Å². The lowest BCUT2D eigenvalue weighted by atomic mass is 9.90. The largest absolute Gasteiger partial charge is 0.460 e. The first-order valence-corrected chi connectivity index (χ1v) is 7.28. The van der Waals surface area contributed by atoms with E-state index in [1.54, 1.807) is 30.3 Å². The normalized spacial score (nSPS) is 15.4. The van der Waals surface area contributed by atoms with Gasteiger partial charge in [-0.3, -0.25) is 4.79 Å². The van der Waals surface area contributed by atoms with Crippen molar-refractivity contribution in [3.63, 3.8) is 0 Å². The summed E-state index contributed by atoms with van der Waals surface area (Å²) >= 11 is 5.82. The Balaban J connectivity index is 1.88. The van der Waals surface area contributed by atoms with Gasteiger partial charge in [-0.15, -0.1) is 0 Å². The summed E-state index contributed by atoms with van der Waals surface area (Å²) in [4.78, 5) is 12.1. The van der Waals surface area contributed by atoms with Crippen LogP contribution in [0.1, 0.15) is 40.6 Å². The number of hydrogen-bond acceptors (Lipinski definition) is 3. The zero-order valence-electron chi connectivity index (χ0n) is 11.4. The van der Waals surface area contributed by atoms with Gasteiger partial charge >= 0.3 is 0 Å². The third-order valence-corrected chi connectivity index (χ3v) is 3.89. The Labute approximate surface area is 128 Å². The number of aliphatic hydroxyl groups is 1. The molecule has 108 valence electrons. The molecule has 0 aromatic heterocycles. The van der Waals surface area contributed by atoms with Crippen molar-refractivity contribution in [2.45, 2.75) is 25.6 Å². The van der Waals surface area contributed by atoms with Crippen molar-refractivity contribution >= 4 is 17.4 Å². The number of Topliss-reactive ketones (excluding diaryl/α,β-unsaturated/α-hetero) is 1. The molecular weight excluding hydrogens is 288 g/mol. The van der Waals surface area contributed by atoms with E-state index < -0.39 is 6.29 Å². The molecule has 1 atom stereocenters. The fraction of sp³-hybridized carbons (Fsp3) is 0.235. The fourth-order valence-corrected chi connectivity index (χ4v) is 2.71. The molecule has 0 spiro atoms. The van der Waals surface area contributed by atoms with Crippen LogP contribution in [0.25, 0.3) is 0 Å². The minimum absolute atomic E-state index is 0.0788. The maximum atomic E-state index is 12.1. The van der Waals surface area contributed by atoms with Crippen molar-refractivity contribution in [1.82, 2.24) is 0 Å². The van der Waals surface area contributed by atoms with Crippen LogP contribution < -0.4 is 4.74 Å². The highest BCUT2D eigenvalue weighted by Gasteiger charge is 2.23. The lowest BCUT2D eigenvalue weighted by molar-refractivity contribution is -0.0199. The number of ether oxygens (including phenoxy) is 1. The van der Waals surface area contributed by atoms with Crippen LogP contribution in [0.3, 0.4) is 0 Å². The Hall–Kier alpha value is -1.84. The monoisotopic (exact) mass is 302 g/mol. The molecule has 0 radical (unpaired) electrons. The van der Waals surface area contributed by atoms with Crippen molar-refractivity contribution in [2.24, 2.45) is 0 Å². The lowest BCUT2D eigenvalue weighted by Crippen LogP contribution is -2.15. The maximum absolute atomic E-state index is 12.1. The topological polar surface area (TPSA) is 46.5 Å². The van der Waals surface area contributed by atoms with Crippen molar-refractivity contribution in [2.75, 3.05) is 0 Å². The standard InChI is InChI=1S/C17H15ClO3/c18-13-9-7-12(8-10-13)17(20)21-15-6-2-4-11-3-1-5-14(19)16(11)15/h2,4,6-10,17,20H,1,3,5H2. The zero-order valence-corrected chi connectivity index (χ0v) is 12.1. The van der Waals surface area contributed by atoms with Crippen molar-refractivity contribution in [3.8, 4) is 5.75 Å². The highest BCUT2D eigenvalue weighted by molar-refractivity contribution is 6.30. The van der Waals surface area contributed by atoms with E-state index in [2.05, 4.69) is 0 Å².